The Morgan fingerprint density at radius 2 is 2.12 bits per heavy atom. The van der Waals surface area contributed by atoms with Crippen molar-refractivity contribution in [2.75, 3.05) is 6.54 Å². The van der Waals surface area contributed by atoms with Gasteiger partial charge in [-0.2, -0.15) is 0 Å². The molecule has 1 aromatic carbocycles. The summed E-state index contributed by atoms with van der Waals surface area (Å²) in [6, 6.07) is 8.01. The zero-order valence-corrected chi connectivity index (χ0v) is 15.2. The van der Waals surface area contributed by atoms with Crippen LogP contribution in [-0.2, 0) is 20.9 Å². The molecule has 2 heterocycles. The average molecular weight is 343 g/mol. The highest BCUT2D eigenvalue weighted by atomic mass is 16.6. The fourth-order valence-electron chi connectivity index (χ4n) is 3.41. The average Bonchev–Trinajstić information content (AvgIpc) is 3.04. The van der Waals surface area contributed by atoms with E-state index in [2.05, 4.69) is 23.7 Å². The molecule has 0 saturated carbocycles. The number of para-hydroxylation sites is 2. The lowest BCUT2D eigenvalue weighted by Crippen LogP contribution is -2.41. The quantitative estimate of drug-likeness (QED) is 0.847. The van der Waals surface area contributed by atoms with Crippen molar-refractivity contribution in [3.05, 3.63) is 30.1 Å². The van der Waals surface area contributed by atoms with Gasteiger partial charge in [-0.3, -0.25) is 9.59 Å². The number of nitrogens with one attached hydrogen (secondary N) is 1. The number of ether oxygens (including phenoxy) is 1. The molecular weight excluding hydrogens is 318 g/mol. The molecule has 0 radical (unpaired) electrons. The van der Waals surface area contributed by atoms with Gasteiger partial charge in [-0.25, -0.2) is 4.98 Å². The summed E-state index contributed by atoms with van der Waals surface area (Å²) < 4.78 is 7.38. The molecule has 3 rings (SSSR count). The van der Waals surface area contributed by atoms with Crippen molar-refractivity contribution >= 4 is 22.9 Å². The van der Waals surface area contributed by atoms with Crippen LogP contribution in [0, 0.1) is 5.92 Å². The minimum atomic E-state index is -0.744. The van der Waals surface area contributed by atoms with Gasteiger partial charge in [-0.15, -0.1) is 0 Å². The zero-order chi connectivity index (χ0) is 18.2. The minimum absolute atomic E-state index is 0.133. The number of aromatic nitrogens is 2. The third kappa shape index (κ3) is 3.38. The van der Waals surface area contributed by atoms with Crippen LogP contribution in [0.1, 0.15) is 45.9 Å². The van der Waals surface area contributed by atoms with Crippen molar-refractivity contribution in [3.8, 4) is 0 Å². The molecule has 6 nitrogen and oxygen atoms in total. The number of amides is 1. The Balaban J connectivity index is 1.70. The van der Waals surface area contributed by atoms with Gasteiger partial charge in [-0.1, -0.05) is 26.0 Å². The summed E-state index contributed by atoms with van der Waals surface area (Å²) in [5, 5.41) is 2.95. The first-order chi connectivity index (χ1) is 11.8. The molecular formula is C19H25N3O3. The minimum Gasteiger partial charge on any atom is -0.459 e. The standard InChI is InChI=1S/C19H25N3O3/c1-12(2)17-21-14-7-5-6-8-15(14)22(17)10-9-20-18(24)13-11-16(23)25-19(13,3)4/h5-8,12-13H,9-11H2,1-4H3,(H,20,24). The Kier molecular flexibility index (Phi) is 4.54. The summed E-state index contributed by atoms with van der Waals surface area (Å²) in [7, 11) is 0. The van der Waals surface area contributed by atoms with Crippen LogP contribution in [0.5, 0.6) is 0 Å². The van der Waals surface area contributed by atoms with Crippen molar-refractivity contribution in [1.29, 1.82) is 0 Å². The van der Waals surface area contributed by atoms with Gasteiger partial charge in [0.2, 0.25) is 5.91 Å². The molecule has 1 fully saturated rings. The summed E-state index contributed by atoms with van der Waals surface area (Å²) in [5.41, 5.74) is 1.29. The molecule has 1 N–H and O–H groups in total. The normalized spacial score (nSPS) is 19.4. The fourth-order valence-corrected chi connectivity index (χ4v) is 3.41. The van der Waals surface area contributed by atoms with Gasteiger partial charge in [0.1, 0.15) is 11.4 Å². The summed E-state index contributed by atoms with van der Waals surface area (Å²) in [4.78, 5) is 28.6. The molecule has 1 aliphatic heterocycles. The van der Waals surface area contributed by atoms with Gasteiger partial charge in [0, 0.05) is 19.0 Å². The molecule has 6 heteroatoms. The Bertz CT molecular complexity index is 807. The highest BCUT2D eigenvalue weighted by Gasteiger charge is 2.45. The van der Waals surface area contributed by atoms with Crippen molar-refractivity contribution in [2.24, 2.45) is 5.92 Å². The van der Waals surface area contributed by atoms with E-state index in [4.69, 9.17) is 9.72 Å². The number of carbonyl (C=O) groups is 2. The van der Waals surface area contributed by atoms with E-state index in [0.29, 0.717) is 19.0 Å². The monoisotopic (exact) mass is 343 g/mol. The molecule has 25 heavy (non-hydrogen) atoms. The second-order valence-electron chi connectivity index (χ2n) is 7.39. The summed E-state index contributed by atoms with van der Waals surface area (Å²) >= 11 is 0. The number of rotatable bonds is 5. The van der Waals surface area contributed by atoms with Gasteiger partial charge in [0.25, 0.3) is 0 Å². The summed E-state index contributed by atoms with van der Waals surface area (Å²) in [6.45, 7) is 8.91. The molecule has 1 aromatic heterocycles. The van der Waals surface area contributed by atoms with Crippen LogP contribution in [0.2, 0.25) is 0 Å². The van der Waals surface area contributed by atoms with Crippen LogP contribution in [-0.4, -0.2) is 33.6 Å². The van der Waals surface area contributed by atoms with E-state index < -0.39 is 11.5 Å². The molecule has 0 aliphatic carbocycles. The number of cyclic esters (lactones) is 1. The molecule has 0 spiro atoms. The van der Waals surface area contributed by atoms with Gasteiger partial charge >= 0.3 is 5.97 Å². The Morgan fingerprint density at radius 3 is 2.76 bits per heavy atom. The van der Waals surface area contributed by atoms with Crippen LogP contribution in [0.15, 0.2) is 24.3 Å². The van der Waals surface area contributed by atoms with E-state index >= 15 is 0 Å². The maximum Gasteiger partial charge on any atom is 0.307 e. The number of carbonyl (C=O) groups excluding carboxylic acids is 2. The third-order valence-corrected chi connectivity index (χ3v) is 4.74. The first kappa shape index (κ1) is 17.5. The van der Waals surface area contributed by atoms with Crippen molar-refractivity contribution in [3.63, 3.8) is 0 Å². The van der Waals surface area contributed by atoms with Gasteiger partial charge in [-0.05, 0) is 26.0 Å². The first-order valence-electron chi connectivity index (χ1n) is 8.74. The second kappa shape index (κ2) is 6.50. The maximum atomic E-state index is 12.4. The largest absolute Gasteiger partial charge is 0.459 e. The Labute approximate surface area is 147 Å². The predicted octanol–water partition coefficient (Wildman–Crippen LogP) is 2.62. The van der Waals surface area contributed by atoms with Crippen molar-refractivity contribution in [2.45, 2.75) is 52.2 Å². The lowest BCUT2D eigenvalue weighted by Gasteiger charge is -2.23. The van der Waals surface area contributed by atoms with E-state index in [0.717, 1.165) is 16.9 Å². The van der Waals surface area contributed by atoms with Crippen molar-refractivity contribution in [1.82, 2.24) is 14.9 Å². The van der Waals surface area contributed by atoms with E-state index in [1.54, 1.807) is 13.8 Å². The molecule has 1 amide bonds. The highest BCUT2D eigenvalue weighted by Crippen LogP contribution is 2.32. The molecule has 0 bridgehead atoms. The summed E-state index contributed by atoms with van der Waals surface area (Å²) in [5.74, 6) is 0.418. The number of hydrogen-bond donors (Lipinski definition) is 1. The lowest BCUT2D eigenvalue weighted by atomic mass is 9.90. The van der Waals surface area contributed by atoms with Crippen LogP contribution in [0.4, 0.5) is 0 Å². The number of hydrogen-bond acceptors (Lipinski definition) is 4. The first-order valence-corrected chi connectivity index (χ1v) is 8.74. The molecule has 1 unspecified atom stereocenters. The number of nitrogens with zero attached hydrogens (tertiary/aromatic N) is 2. The van der Waals surface area contributed by atoms with Crippen molar-refractivity contribution < 1.29 is 14.3 Å². The topological polar surface area (TPSA) is 73.2 Å². The lowest BCUT2D eigenvalue weighted by molar-refractivity contribution is -0.147. The highest BCUT2D eigenvalue weighted by molar-refractivity contribution is 5.87. The number of esters is 1. The molecule has 1 atom stereocenters. The van der Waals surface area contributed by atoms with E-state index in [1.165, 1.54) is 0 Å². The molecule has 1 aliphatic rings. The molecule has 2 aromatic rings. The smallest absolute Gasteiger partial charge is 0.307 e. The third-order valence-electron chi connectivity index (χ3n) is 4.74. The zero-order valence-electron chi connectivity index (χ0n) is 15.2. The van der Waals surface area contributed by atoms with E-state index in [9.17, 15) is 9.59 Å². The molecule has 1 saturated heterocycles. The molecule has 134 valence electrons. The van der Waals surface area contributed by atoms with Gasteiger partial charge < -0.3 is 14.6 Å². The number of benzene rings is 1. The van der Waals surface area contributed by atoms with Crippen LogP contribution >= 0.6 is 0 Å². The SMILES string of the molecule is CC(C)c1nc2ccccc2n1CCNC(=O)C1CC(=O)OC1(C)C. The Hall–Kier alpha value is -2.37. The van der Waals surface area contributed by atoms with E-state index in [-0.39, 0.29) is 18.3 Å². The maximum absolute atomic E-state index is 12.4. The number of fused-ring (bicyclic) bond motifs is 1. The van der Waals surface area contributed by atoms with E-state index in [1.807, 2.05) is 24.3 Å². The van der Waals surface area contributed by atoms with Gasteiger partial charge in [0.05, 0.1) is 23.4 Å². The second-order valence-corrected chi connectivity index (χ2v) is 7.39. The Morgan fingerprint density at radius 1 is 1.40 bits per heavy atom. The van der Waals surface area contributed by atoms with Crippen LogP contribution in [0.3, 0.4) is 0 Å². The van der Waals surface area contributed by atoms with Crippen LogP contribution in [0.25, 0.3) is 11.0 Å². The number of imidazole rings is 1. The van der Waals surface area contributed by atoms with Crippen LogP contribution < -0.4 is 5.32 Å². The predicted molar refractivity (Wildman–Crippen MR) is 95.1 cm³/mol. The van der Waals surface area contributed by atoms with Gasteiger partial charge in [0.15, 0.2) is 0 Å². The fraction of sp³-hybridized carbons (Fsp3) is 0.526. The summed E-state index contributed by atoms with van der Waals surface area (Å²) in [6.07, 6.45) is 0.143.